The maximum Gasteiger partial charge on any atom is 0.408 e. The highest BCUT2D eigenvalue weighted by atomic mass is 35.5. The van der Waals surface area contributed by atoms with Crippen LogP contribution in [0.2, 0.25) is 5.02 Å². The van der Waals surface area contributed by atoms with E-state index < -0.39 is 45.1 Å². The van der Waals surface area contributed by atoms with E-state index in [9.17, 15) is 18.0 Å². The fourth-order valence-electron chi connectivity index (χ4n) is 3.95. The second-order valence-corrected chi connectivity index (χ2v) is 12.2. The van der Waals surface area contributed by atoms with Crippen molar-refractivity contribution in [2.45, 2.75) is 57.3 Å². The quantitative estimate of drug-likeness (QED) is 0.498. The summed E-state index contributed by atoms with van der Waals surface area (Å²) in [5, 5.41) is 10.8. The Bertz CT molecular complexity index is 1480. The lowest BCUT2D eigenvalue weighted by Crippen LogP contribution is -2.51. The van der Waals surface area contributed by atoms with Crippen molar-refractivity contribution in [3.8, 4) is 11.3 Å². The predicted molar refractivity (Wildman–Crippen MR) is 139 cm³/mol. The normalized spacial score (nSPS) is 17.1. The molecule has 13 heteroatoms. The number of anilines is 1. The van der Waals surface area contributed by atoms with E-state index in [-0.39, 0.29) is 28.4 Å². The van der Waals surface area contributed by atoms with Gasteiger partial charge >= 0.3 is 6.09 Å². The SMILES string of the molecule is CCn1cc(-c2cc3c(cc2F)S(=O)(=O)C[C@H](NC(=O)OC(C)(C)C)C(=O)N3Cc2ccc(Cl)cc2)nn1. The lowest BCUT2D eigenvalue weighted by molar-refractivity contribution is -0.120. The molecule has 0 saturated heterocycles. The van der Waals surface area contributed by atoms with Crippen molar-refractivity contribution in [1.82, 2.24) is 20.3 Å². The Hall–Kier alpha value is -3.51. The Balaban J connectivity index is 1.84. The van der Waals surface area contributed by atoms with Gasteiger partial charge in [-0.3, -0.25) is 9.48 Å². The van der Waals surface area contributed by atoms with Crippen LogP contribution in [0.15, 0.2) is 47.5 Å². The summed E-state index contributed by atoms with van der Waals surface area (Å²) in [7, 11) is -4.24. The molecule has 1 atom stereocenters. The molecule has 2 heterocycles. The number of ether oxygens (including phenoxy) is 1. The number of aryl methyl sites for hydroxylation is 1. The van der Waals surface area contributed by atoms with Gasteiger partial charge in [-0.1, -0.05) is 28.9 Å². The molecule has 38 heavy (non-hydrogen) atoms. The van der Waals surface area contributed by atoms with Crippen LogP contribution in [0.1, 0.15) is 33.3 Å². The second kappa shape index (κ2) is 10.3. The molecule has 1 N–H and O–H groups in total. The van der Waals surface area contributed by atoms with Gasteiger partial charge in [-0.2, -0.15) is 0 Å². The van der Waals surface area contributed by atoms with Crippen LogP contribution in [0.5, 0.6) is 0 Å². The Labute approximate surface area is 224 Å². The van der Waals surface area contributed by atoms with Gasteiger partial charge in [0, 0.05) is 17.1 Å². The highest BCUT2D eigenvalue weighted by molar-refractivity contribution is 7.91. The highest BCUT2D eigenvalue weighted by Crippen LogP contribution is 2.37. The number of hydrogen-bond acceptors (Lipinski definition) is 7. The number of aromatic nitrogens is 3. The number of nitrogens with one attached hydrogen (secondary N) is 1. The molecule has 1 aliphatic rings. The van der Waals surface area contributed by atoms with E-state index in [0.717, 1.165) is 6.07 Å². The molecule has 0 unspecified atom stereocenters. The van der Waals surface area contributed by atoms with E-state index in [4.69, 9.17) is 16.3 Å². The summed E-state index contributed by atoms with van der Waals surface area (Å²) < 4.78 is 48.9. The van der Waals surface area contributed by atoms with Crippen LogP contribution < -0.4 is 10.2 Å². The van der Waals surface area contributed by atoms with Gasteiger partial charge in [0.15, 0.2) is 9.84 Å². The molecule has 3 aromatic rings. The molecule has 0 spiro atoms. The molecule has 1 aliphatic heterocycles. The Morgan fingerprint density at radius 3 is 2.53 bits per heavy atom. The van der Waals surface area contributed by atoms with Crippen molar-refractivity contribution in [1.29, 1.82) is 0 Å². The maximum atomic E-state index is 15.3. The molecule has 10 nitrogen and oxygen atoms in total. The Morgan fingerprint density at radius 2 is 1.92 bits per heavy atom. The second-order valence-electron chi connectivity index (χ2n) is 9.79. The van der Waals surface area contributed by atoms with E-state index in [1.165, 1.54) is 21.8 Å². The molecule has 0 radical (unpaired) electrons. The van der Waals surface area contributed by atoms with E-state index in [0.29, 0.717) is 17.1 Å². The molecule has 4 rings (SSSR count). The number of rotatable bonds is 5. The van der Waals surface area contributed by atoms with Gasteiger partial charge in [0.1, 0.15) is 23.2 Å². The molecule has 0 saturated carbocycles. The van der Waals surface area contributed by atoms with Gasteiger partial charge in [-0.15, -0.1) is 5.10 Å². The van der Waals surface area contributed by atoms with Gasteiger partial charge in [-0.25, -0.2) is 17.6 Å². The van der Waals surface area contributed by atoms with E-state index >= 15 is 4.39 Å². The number of fused-ring (bicyclic) bond motifs is 1. The van der Waals surface area contributed by atoms with Crippen LogP contribution in [0.4, 0.5) is 14.9 Å². The molecule has 2 aromatic carbocycles. The van der Waals surface area contributed by atoms with Crippen LogP contribution in [0.3, 0.4) is 0 Å². The van der Waals surface area contributed by atoms with Gasteiger partial charge in [0.2, 0.25) is 0 Å². The molecule has 0 aliphatic carbocycles. The zero-order valence-corrected chi connectivity index (χ0v) is 22.8. The number of carbonyl (C=O) groups excluding carboxylic acids is 2. The molecule has 0 bridgehead atoms. The number of nitrogens with zero attached hydrogens (tertiary/aromatic N) is 4. The summed E-state index contributed by atoms with van der Waals surface area (Å²) in [5.41, 5.74) is -0.133. The number of amides is 2. The zero-order chi connectivity index (χ0) is 27.8. The fourth-order valence-corrected chi connectivity index (χ4v) is 5.69. The summed E-state index contributed by atoms with van der Waals surface area (Å²) in [6, 6.07) is 7.30. The largest absolute Gasteiger partial charge is 0.444 e. The summed E-state index contributed by atoms with van der Waals surface area (Å²) in [6.07, 6.45) is 0.570. The van der Waals surface area contributed by atoms with Crippen molar-refractivity contribution in [3.63, 3.8) is 0 Å². The predicted octanol–water partition coefficient (Wildman–Crippen LogP) is 3.97. The average molecular weight is 564 g/mol. The highest BCUT2D eigenvalue weighted by Gasteiger charge is 2.40. The lowest BCUT2D eigenvalue weighted by Gasteiger charge is -2.27. The summed E-state index contributed by atoms with van der Waals surface area (Å²) in [6.45, 7) is 7.17. The molecule has 202 valence electrons. The third-order valence-electron chi connectivity index (χ3n) is 5.71. The number of alkyl carbamates (subject to hydrolysis) is 1. The minimum absolute atomic E-state index is 0.0221. The number of carbonyl (C=O) groups is 2. The first-order chi connectivity index (χ1) is 17.8. The van der Waals surface area contributed by atoms with Crippen LogP contribution >= 0.6 is 11.6 Å². The van der Waals surface area contributed by atoms with Crippen molar-refractivity contribution in [2.75, 3.05) is 10.7 Å². The number of benzene rings is 2. The standard InChI is InChI=1S/C25H27ClFN5O5S/c1-5-31-13-19(29-30-31)17-10-21-22(11-18(17)27)38(35,36)14-20(28-24(34)37-25(2,3)4)23(33)32(21)12-15-6-8-16(26)9-7-15/h6-11,13,20H,5,12,14H2,1-4H3,(H,28,34)/t20-/m0/s1. The average Bonchev–Trinajstić information content (AvgIpc) is 3.28. The number of hydrogen-bond donors (Lipinski definition) is 1. The first-order valence-electron chi connectivity index (χ1n) is 11.8. The van der Waals surface area contributed by atoms with E-state index in [2.05, 4.69) is 15.6 Å². The zero-order valence-electron chi connectivity index (χ0n) is 21.2. The van der Waals surface area contributed by atoms with Crippen molar-refractivity contribution in [2.24, 2.45) is 0 Å². The number of sulfone groups is 1. The molecule has 2 amide bonds. The van der Waals surface area contributed by atoms with Gasteiger partial charge in [0.05, 0.1) is 29.1 Å². The summed E-state index contributed by atoms with van der Waals surface area (Å²) in [4.78, 5) is 27.1. The summed E-state index contributed by atoms with van der Waals surface area (Å²) >= 11 is 6.00. The van der Waals surface area contributed by atoms with Gasteiger partial charge < -0.3 is 15.0 Å². The van der Waals surface area contributed by atoms with Gasteiger partial charge in [0.25, 0.3) is 5.91 Å². The minimum atomic E-state index is -4.24. The van der Waals surface area contributed by atoms with Crippen molar-refractivity contribution < 1.29 is 27.1 Å². The molecule has 1 aromatic heterocycles. The fraction of sp³-hybridized carbons (Fsp3) is 0.360. The topological polar surface area (TPSA) is 123 Å². The van der Waals surface area contributed by atoms with Crippen LogP contribution in [0.25, 0.3) is 11.3 Å². The monoisotopic (exact) mass is 563 g/mol. The van der Waals surface area contributed by atoms with Crippen molar-refractivity contribution in [3.05, 3.63) is 59.0 Å². The smallest absolute Gasteiger partial charge is 0.408 e. The maximum absolute atomic E-state index is 15.3. The number of halogens is 2. The molecular formula is C25H27ClFN5O5S. The van der Waals surface area contributed by atoms with Crippen LogP contribution in [0, 0.1) is 5.82 Å². The lowest BCUT2D eigenvalue weighted by atomic mass is 10.1. The first-order valence-corrected chi connectivity index (χ1v) is 13.8. The first kappa shape index (κ1) is 27.5. The van der Waals surface area contributed by atoms with Crippen LogP contribution in [-0.4, -0.2) is 52.8 Å². The third-order valence-corrected chi connectivity index (χ3v) is 7.73. The Kier molecular flexibility index (Phi) is 7.48. The molecule has 0 fully saturated rings. The minimum Gasteiger partial charge on any atom is -0.444 e. The van der Waals surface area contributed by atoms with Crippen molar-refractivity contribution >= 4 is 39.1 Å². The third kappa shape index (κ3) is 5.97. The summed E-state index contributed by atoms with van der Waals surface area (Å²) in [5.74, 6) is -2.32. The van der Waals surface area contributed by atoms with E-state index in [1.54, 1.807) is 45.0 Å². The van der Waals surface area contributed by atoms with Crippen LogP contribution in [-0.2, 0) is 32.5 Å². The Morgan fingerprint density at radius 1 is 1.24 bits per heavy atom. The van der Waals surface area contributed by atoms with Gasteiger partial charge in [-0.05, 0) is 57.5 Å². The van der Waals surface area contributed by atoms with E-state index in [1.807, 2.05) is 6.92 Å². The molecular weight excluding hydrogens is 537 g/mol.